The van der Waals surface area contributed by atoms with Crippen molar-refractivity contribution in [3.05, 3.63) is 53.6 Å². The number of carbonyl (C=O) groups excluding carboxylic acids is 4. The molecule has 8 heteroatoms. The van der Waals surface area contributed by atoms with Crippen LogP contribution in [0, 0.1) is 0 Å². The van der Waals surface area contributed by atoms with Crippen LogP contribution in [0.25, 0.3) is 0 Å². The number of carbonyl (C=O) groups is 4. The van der Waals surface area contributed by atoms with Gasteiger partial charge in [-0.2, -0.15) is 0 Å². The molecular formula is C20H18N2O5S. The molecule has 1 aliphatic heterocycles. The Morgan fingerprint density at radius 2 is 1.93 bits per heavy atom. The Bertz CT molecular complexity index is 973. The van der Waals surface area contributed by atoms with Gasteiger partial charge in [-0.1, -0.05) is 12.1 Å². The van der Waals surface area contributed by atoms with Crippen LogP contribution in [0.1, 0.15) is 34.6 Å². The lowest BCUT2D eigenvalue weighted by atomic mass is 10.1. The fraction of sp³-hybridized carbons (Fsp3) is 0.200. The maximum Gasteiger partial charge on any atom is 0.338 e. The van der Waals surface area contributed by atoms with E-state index in [9.17, 15) is 19.2 Å². The van der Waals surface area contributed by atoms with Crippen molar-refractivity contribution in [3.63, 3.8) is 0 Å². The molecule has 2 N–H and O–H groups in total. The Morgan fingerprint density at radius 1 is 1.14 bits per heavy atom. The number of fused-ring (bicyclic) bond motifs is 1. The third-order valence-electron chi connectivity index (χ3n) is 4.04. The second-order valence-corrected chi connectivity index (χ2v) is 7.24. The van der Waals surface area contributed by atoms with Gasteiger partial charge in [0.05, 0.1) is 17.0 Å². The molecule has 0 spiro atoms. The standard InChI is InChI=1S/C20H18N2O5S/c1-11(23)13-4-3-5-15(8-13)21-19(25)12(2)27-20(26)14-6-7-17-16(9-14)22-18(24)10-28-17/h3-9,12H,10H2,1-2H3,(H,21,25)(H,22,24)/t12-/m1/s1. The highest BCUT2D eigenvalue weighted by atomic mass is 32.2. The van der Waals surface area contributed by atoms with Crippen molar-refractivity contribution in [2.24, 2.45) is 0 Å². The van der Waals surface area contributed by atoms with Gasteiger partial charge in [0.1, 0.15) is 0 Å². The van der Waals surface area contributed by atoms with E-state index < -0.39 is 18.0 Å². The summed E-state index contributed by atoms with van der Waals surface area (Å²) in [7, 11) is 0. The van der Waals surface area contributed by atoms with E-state index in [1.54, 1.807) is 36.4 Å². The Morgan fingerprint density at radius 3 is 2.68 bits per heavy atom. The van der Waals surface area contributed by atoms with E-state index in [0.717, 1.165) is 4.90 Å². The third-order valence-corrected chi connectivity index (χ3v) is 5.11. The first kappa shape index (κ1) is 19.6. The number of benzene rings is 2. The first-order chi connectivity index (χ1) is 13.3. The molecule has 0 aliphatic carbocycles. The minimum Gasteiger partial charge on any atom is -0.449 e. The number of amides is 2. The molecule has 2 aromatic rings. The number of nitrogens with one attached hydrogen (secondary N) is 2. The van der Waals surface area contributed by atoms with Gasteiger partial charge >= 0.3 is 5.97 Å². The molecule has 1 atom stereocenters. The predicted octanol–water partition coefficient (Wildman–Crippen LogP) is 3.12. The van der Waals surface area contributed by atoms with E-state index in [1.165, 1.54) is 31.7 Å². The summed E-state index contributed by atoms with van der Waals surface area (Å²) in [5.74, 6) is -1.11. The molecule has 28 heavy (non-hydrogen) atoms. The number of Topliss-reactive ketones (excluding diaryl/α,β-unsaturated/α-hetero) is 1. The molecule has 0 unspecified atom stereocenters. The normalized spacial score (nSPS) is 13.7. The molecule has 0 saturated heterocycles. The van der Waals surface area contributed by atoms with Crippen LogP contribution >= 0.6 is 11.8 Å². The summed E-state index contributed by atoms with van der Waals surface area (Å²) in [6.45, 7) is 2.89. The molecule has 0 bridgehead atoms. The lowest BCUT2D eigenvalue weighted by Gasteiger charge is -2.18. The van der Waals surface area contributed by atoms with Crippen molar-refractivity contribution in [1.82, 2.24) is 0 Å². The lowest BCUT2D eigenvalue weighted by molar-refractivity contribution is -0.123. The molecule has 2 amide bonds. The van der Waals surface area contributed by atoms with Gasteiger partial charge in [0.25, 0.3) is 5.91 Å². The highest BCUT2D eigenvalue weighted by molar-refractivity contribution is 8.00. The predicted molar refractivity (Wildman–Crippen MR) is 106 cm³/mol. The monoisotopic (exact) mass is 398 g/mol. The summed E-state index contributed by atoms with van der Waals surface area (Å²) in [5.41, 5.74) is 1.69. The van der Waals surface area contributed by atoms with Crippen molar-refractivity contribution in [1.29, 1.82) is 0 Å². The highest BCUT2D eigenvalue weighted by Crippen LogP contribution is 2.32. The van der Waals surface area contributed by atoms with E-state index in [4.69, 9.17) is 4.74 Å². The Hall–Kier alpha value is -3.13. The number of rotatable bonds is 5. The van der Waals surface area contributed by atoms with Gasteiger partial charge < -0.3 is 15.4 Å². The fourth-order valence-electron chi connectivity index (χ4n) is 2.55. The molecule has 1 heterocycles. The second kappa shape index (κ2) is 8.26. The van der Waals surface area contributed by atoms with Gasteiger partial charge in [0, 0.05) is 16.1 Å². The molecule has 0 aromatic heterocycles. The number of ether oxygens (including phenoxy) is 1. The highest BCUT2D eigenvalue weighted by Gasteiger charge is 2.22. The van der Waals surface area contributed by atoms with E-state index in [-0.39, 0.29) is 17.3 Å². The van der Waals surface area contributed by atoms with Crippen LogP contribution in [-0.4, -0.2) is 35.4 Å². The van der Waals surface area contributed by atoms with Gasteiger partial charge in [0.2, 0.25) is 5.91 Å². The smallest absolute Gasteiger partial charge is 0.338 e. The number of ketones is 1. The summed E-state index contributed by atoms with van der Waals surface area (Å²) in [5, 5.41) is 5.32. The molecule has 1 aliphatic rings. The van der Waals surface area contributed by atoms with Crippen LogP contribution in [0.4, 0.5) is 11.4 Å². The number of hydrogen-bond acceptors (Lipinski definition) is 6. The van der Waals surface area contributed by atoms with E-state index in [0.29, 0.717) is 22.7 Å². The van der Waals surface area contributed by atoms with Gasteiger partial charge in [-0.25, -0.2) is 4.79 Å². The Kier molecular flexibility index (Phi) is 5.79. The molecule has 7 nitrogen and oxygen atoms in total. The van der Waals surface area contributed by atoms with Gasteiger partial charge in [-0.3, -0.25) is 14.4 Å². The largest absolute Gasteiger partial charge is 0.449 e. The molecule has 0 saturated carbocycles. The maximum atomic E-state index is 12.4. The van der Waals surface area contributed by atoms with Crippen molar-refractivity contribution in [3.8, 4) is 0 Å². The minimum atomic E-state index is -1.05. The minimum absolute atomic E-state index is 0.117. The van der Waals surface area contributed by atoms with Crippen LogP contribution in [0.5, 0.6) is 0 Å². The first-order valence-electron chi connectivity index (χ1n) is 8.53. The van der Waals surface area contributed by atoms with Crippen molar-refractivity contribution >= 4 is 46.7 Å². The zero-order valence-electron chi connectivity index (χ0n) is 15.3. The van der Waals surface area contributed by atoms with Crippen LogP contribution in [0.3, 0.4) is 0 Å². The summed E-state index contributed by atoms with van der Waals surface area (Å²) in [4.78, 5) is 48.5. The van der Waals surface area contributed by atoms with Crippen molar-refractivity contribution in [2.45, 2.75) is 24.8 Å². The topological polar surface area (TPSA) is 102 Å². The van der Waals surface area contributed by atoms with Crippen LogP contribution in [-0.2, 0) is 14.3 Å². The summed E-state index contributed by atoms with van der Waals surface area (Å²) < 4.78 is 5.23. The summed E-state index contributed by atoms with van der Waals surface area (Å²) >= 11 is 1.39. The number of anilines is 2. The van der Waals surface area contributed by atoms with Crippen LogP contribution < -0.4 is 10.6 Å². The van der Waals surface area contributed by atoms with Gasteiger partial charge in [-0.15, -0.1) is 11.8 Å². The summed E-state index contributed by atoms with van der Waals surface area (Å²) in [6.07, 6.45) is -1.05. The number of esters is 1. The zero-order chi connectivity index (χ0) is 20.3. The van der Waals surface area contributed by atoms with E-state index in [2.05, 4.69) is 10.6 Å². The quantitative estimate of drug-likeness (QED) is 0.593. The average Bonchev–Trinajstić information content (AvgIpc) is 2.67. The number of thioether (sulfide) groups is 1. The maximum absolute atomic E-state index is 12.4. The Balaban J connectivity index is 1.64. The molecule has 144 valence electrons. The number of hydrogen-bond donors (Lipinski definition) is 2. The molecule has 0 radical (unpaired) electrons. The lowest BCUT2D eigenvalue weighted by Crippen LogP contribution is -2.30. The molecule has 2 aromatic carbocycles. The van der Waals surface area contributed by atoms with Gasteiger partial charge in [0.15, 0.2) is 11.9 Å². The zero-order valence-corrected chi connectivity index (χ0v) is 16.1. The second-order valence-electron chi connectivity index (χ2n) is 6.22. The van der Waals surface area contributed by atoms with E-state index in [1.807, 2.05) is 0 Å². The van der Waals surface area contributed by atoms with Crippen LogP contribution in [0.15, 0.2) is 47.4 Å². The van der Waals surface area contributed by atoms with Gasteiger partial charge in [-0.05, 0) is 44.2 Å². The van der Waals surface area contributed by atoms with E-state index >= 15 is 0 Å². The molecular weight excluding hydrogens is 380 g/mol. The average molecular weight is 398 g/mol. The van der Waals surface area contributed by atoms with Crippen LogP contribution in [0.2, 0.25) is 0 Å². The Labute approximate surface area is 165 Å². The first-order valence-corrected chi connectivity index (χ1v) is 9.51. The fourth-order valence-corrected chi connectivity index (χ4v) is 3.34. The third kappa shape index (κ3) is 4.58. The SMILES string of the molecule is CC(=O)c1cccc(NC(=O)[C@@H](C)OC(=O)c2ccc3c(c2)NC(=O)CS3)c1. The molecule has 0 fully saturated rings. The molecule has 3 rings (SSSR count). The van der Waals surface area contributed by atoms with Crippen molar-refractivity contribution in [2.75, 3.05) is 16.4 Å². The van der Waals surface area contributed by atoms with Crippen molar-refractivity contribution < 1.29 is 23.9 Å². The summed E-state index contributed by atoms with van der Waals surface area (Å²) in [6, 6.07) is 11.3.